The number of hydrogen-bond acceptors (Lipinski definition) is 5. The summed E-state index contributed by atoms with van der Waals surface area (Å²) in [6.45, 7) is 12.8. The van der Waals surface area contributed by atoms with Crippen molar-refractivity contribution in [1.82, 2.24) is 5.32 Å². The van der Waals surface area contributed by atoms with Crippen LogP contribution >= 0.6 is 7.82 Å². The summed E-state index contributed by atoms with van der Waals surface area (Å²) in [7, 11) is -3.93. The Kier molecular flexibility index (Phi) is 12.4. The van der Waals surface area contributed by atoms with E-state index in [9.17, 15) is 4.57 Å². The minimum Gasteiger partial charge on any atom is -0.386 e. The smallest absolute Gasteiger partial charge is 0.386 e. The number of unbranched alkanes of at least 4 members (excludes halogenated alkanes) is 2. The minimum atomic E-state index is -3.93. The van der Waals surface area contributed by atoms with Crippen molar-refractivity contribution in [3.05, 3.63) is 89.5 Å². The maximum absolute atomic E-state index is 13.3. The van der Waals surface area contributed by atoms with Crippen molar-refractivity contribution in [3.8, 4) is 17.2 Å². The molecule has 35 heavy (non-hydrogen) atoms. The lowest BCUT2D eigenvalue weighted by molar-refractivity contribution is 0.298. The van der Waals surface area contributed by atoms with Gasteiger partial charge in [-0.3, -0.25) is 0 Å². The number of rotatable bonds is 12. The maximum Gasteiger partial charge on any atom is 0.647 e. The number of nitrogens with one attached hydrogen (secondary N) is 1. The first kappa shape index (κ1) is 28.5. The monoisotopic (exact) mass is 497 g/mol. The number of hydrogen-bond donors (Lipinski definition) is 1. The first-order chi connectivity index (χ1) is 16.8. The van der Waals surface area contributed by atoms with Crippen LogP contribution in [0.15, 0.2) is 72.8 Å². The van der Waals surface area contributed by atoms with E-state index in [0.29, 0.717) is 17.2 Å². The number of phosphoric acid groups is 1. The van der Waals surface area contributed by atoms with Crippen LogP contribution in [-0.2, 0) is 4.57 Å². The minimum absolute atomic E-state index is 0.415. The summed E-state index contributed by atoms with van der Waals surface area (Å²) >= 11 is 0. The van der Waals surface area contributed by atoms with E-state index in [-0.39, 0.29) is 0 Å². The van der Waals surface area contributed by atoms with Gasteiger partial charge in [0.1, 0.15) is 17.2 Å². The van der Waals surface area contributed by atoms with Crippen LogP contribution in [0.1, 0.15) is 56.2 Å². The van der Waals surface area contributed by atoms with E-state index in [1.54, 1.807) is 36.4 Å². The van der Waals surface area contributed by atoms with Gasteiger partial charge in [-0.05, 0) is 83.1 Å². The predicted molar refractivity (Wildman–Crippen MR) is 146 cm³/mol. The van der Waals surface area contributed by atoms with E-state index in [1.807, 2.05) is 57.2 Å². The summed E-state index contributed by atoms with van der Waals surface area (Å²) in [5.74, 6) is 1.24. The fourth-order valence-electron chi connectivity index (χ4n) is 2.97. The summed E-state index contributed by atoms with van der Waals surface area (Å²) in [5.41, 5.74) is 3.23. The van der Waals surface area contributed by atoms with Crippen LogP contribution in [0.4, 0.5) is 0 Å². The molecule has 3 aromatic carbocycles. The Labute approximate surface area is 211 Å². The molecule has 0 unspecified atom stereocenters. The van der Waals surface area contributed by atoms with Crippen LogP contribution < -0.4 is 18.9 Å². The Morgan fingerprint density at radius 1 is 0.571 bits per heavy atom. The fourth-order valence-corrected chi connectivity index (χ4v) is 4.22. The molecule has 0 fully saturated rings. The van der Waals surface area contributed by atoms with Gasteiger partial charge in [0.25, 0.3) is 0 Å². The molecule has 0 spiro atoms. The molecule has 1 N–H and O–H groups in total. The second-order valence-electron chi connectivity index (χ2n) is 8.62. The Morgan fingerprint density at radius 2 is 0.857 bits per heavy atom. The second kappa shape index (κ2) is 15.3. The van der Waals surface area contributed by atoms with Crippen LogP contribution in [-0.4, -0.2) is 13.1 Å². The van der Waals surface area contributed by atoms with Gasteiger partial charge < -0.3 is 18.9 Å². The van der Waals surface area contributed by atoms with Crippen LogP contribution in [0.5, 0.6) is 17.2 Å². The molecular formula is C29H40NO4P. The molecule has 0 saturated heterocycles. The highest BCUT2D eigenvalue weighted by Crippen LogP contribution is 2.49. The van der Waals surface area contributed by atoms with Gasteiger partial charge in [0.05, 0.1) is 0 Å². The summed E-state index contributed by atoms with van der Waals surface area (Å²) in [5, 5.41) is 3.39. The van der Waals surface area contributed by atoms with Gasteiger partial charge in [-0.2, -0.15) is 4.57 Å². The Morgan fingerprint density at radius 3 is 1.11 bits per heavy atom. The van der Waals surface area contributed by atoms with Crippen molar-refractivity contribution in [3.63, 3.8) is 0 Å². The molecule has 0 saturated carbocycles. The summed E-state index contributed by atoms with van der Waals surface area (Å²) in [6.07, 6.45) is 5.26. The van der Waals surface area contributed by atoms with Gasteiger partial charge in [-0.1, -0.05) is 79.8 Å². The van der Waals surface area contributed by atoms with Gasteiger partial charge in [0.2, 0.25) is 0 Å². The first-order valence-electron chi connectivity index (χ1n) is 12.4. The van der Waals surface area contributed by atoms with E-state index in [4.69, 9.17) is 13.6 Å². The van der Waals surface area contributed by atoms with Crippen LogP contribution in [0, 0.1) is 20.8 Å². The van der Waals surface area contributed by atoms with Gasteiger partial charge in [-0.25, -0.2) is 0 Å². The van der Waals surface area contributed by atoms with Gasteiger partial charge in [-0.15, -0.1) is 0 Å². The van der Waals surface area contributed by atoms with Gasteiger partial charge >= 0.3 is 7.82 Å². The van der Waals surface area contributed by atoms with Gasteiger partial charge in [0.15, 0.2) is 0 Å². The van der Waals surface area contributed by atoms with E-state index in [1.165, 1.54) is 38.8 Å². The maximum atomic E-state index is 13.3. The van der Waals surface area contributed by atoms with E-state index in [0.717, 1.165) is 16.7 Å². The topological polar surface area (TPSA) is 56.8 Å². The fraction of sp³-hybridized carbons (Fsp3) is 0.379. The second-order valence-corrected chi connectivity index (χ2v) is 10.1. The van der Waals surface area contributed by atoms with Crippen molar-refractivity contribution in [2.75, 3.05) is 13.1 Å². The van der Waals surface area contributed by atoms with Crippen LogP contribution in [0.2, 0.25) is 0 Å². The molecule has 0 aliphatic heterocycles. The normalized spacial score (nSPS) is 10.8. The molecule has 0 bridgehead atoms. The Balaban J connectivity index is 0.000000410. The number of benzene rings is 3. The van der Waals surface area contributed by atoms with E-state index in [2.05, 4.69) is 19.2 Å². The van der Waals surface area contributed by atoms with Crippen molar-refractivity contribution in [1.29, 1.82) is 0 Å². The highest BCUT2D eigenvalue weighted by Gasteiger charge is 2.33. The molecule has 3 rings (SSSR count). The third kappa shape index (κ3) is 11.5. The Hall–Kier alpha value is -2.75. The molecule has 0 heterocycles. The molecule has 0 amide bonds. The van der Waals surface area contributed by atoms with Crippen LogP contribution in [0.25, 0.3) is 0 Å². The van der Waals surface area contributed by atoms with Crippen molar-refractivity contribution >= 4 is 7.82 Å². The van der Waals surface area contributed by atoms with Gasteiger partial charge in [0, 0.05) is 0 Å². The quantitative estimate of drug-likeness (QED) is 0.201. The number of phosphoric ester groups is 1. The lowest BCUT2D eigenvalue weighted by Gasteiger charge is -2.19. The molecule has 190 valence electrons. The predicted octanol–water partition coefficient (Wildman–Crippen LogP) is 8.43. The van der Waals surface area contributed by atoms with E-state index >= 15 is 0 Å². The zero-order chi connectivity index (χ0) is 25.5. The van der Waals surface area contributed by atoms with Crippen molar-refractivity contribution in [2.45, 2.75) is 60.3 Å². The van der Waals surface area contributed by atoms with Crippen LogP contribution in [0.3, 0.4) is 0 Å². The third-order valence-electron chi connectivity index (χ3n) is 5.13. The molecular weight excluding hydrogens is 457 g/mol. The molecule has 5 nitrogen and oxygen atoms in total. The SMILES string of the molecule is CCCCNCCCC.Cc1ccc(OP(=O)(Oc2ccc(C)cc2)Oc2ccc(C)cc2)cc1. The molecule has 0 atom stereocenters. The lowest BCUT2D eigenvalue weighted by Crippen LogP contribution is -2.15. The van der Waals surface area contributed by atoms with E-state index < -0.39 is 7.82 Å². The Bertz CT molecular complexity index is 890. The molecule has 3 aromatic rings. The van der Waals surface area contributed by atoms with Crippen molar-refractivity contribution in [2.24, 2.45) is 0 Å². The highest BCUT2D eigenvalue weighted by molar-refractivity contribution is 7.49. The lowest BCUT2D eigenvalue weighted by atomic mass is 10.2. The average Bonchev–Trinajstić information content (AvgIpc) is 2.84. The summed E-state index contributed by atoms with van der Waals surface area (Å²) in [4.78, 5) is 0. The zero-order valence-corrected chi connectivity index (χ0v) is 22.6. The molecule has 0 aliphatic rings. The molecule has 0 aromatic heterocycles. The molecule has 0 aliphatic carbocycles. The van der Waals surface area contributed by atoms with Crippen molar-refractivity contribution < 1.29 is 18.1 Å². The largest absolute Gasteiger partial charge is 0.647 e. The number of aryl methyl sites for hydroxylation is 3. The zero-order valence-electron chi connectivity index (χ0n) is 21.8. The molecule has 0 radical (unpaired) electrons. The summed E-state index contributed by atoms with van der Waals surface area (Å²) < 4.78 is 30.2. The molecule has 6 heteroatoms. The first-order valence-corrected chi connectivity index (χ1v) is 13.9. The standard InChI is InChI=1S/C21H21O4P.C8H19N/c1-16-4-10-19(11-5-16)23-26(22,24-20-12-6-17(2)7-13-20)25-21-14-8-18(3)9-15-21;1-3-5-7-9-8-6-4-2/h4-15H,1-3H3;9H,3-8H2,1-2H3. The highest BCUT2D eigenvalue weighted by atomic mass is 31.2. The average molecular weight is 498 g/mol. The third-order valence-corrected chi connectivity index (χ3v) is 6.43. The summed E-state index contributed by atoms with van der Waals surface area (Å²) in [6, 6.07) is 21.6.